The van der Waals surface area contributed by atoms with Crippen molar-refractivity contribution in [2.45, 2.75) is 13.1 Å². The Labute approximate surface area is 202 Å². The molecule has 182 valence electrons. The normalized spacial score (nSPS) is 10.9. The van der Waals surface area contributed by atoms with E-state index in [1.54, 1.807) is 23.6 Å². The molecule has 0 bridgehead atoms. The van der Waals surface area contributed by atoms with Crippen LogP contribution in [0.4, 0.5) is 10.1 Å². The van der Waals surface area contributed by atoms with Crippen LogP contribution in [-0.2, 0) is 17.9 Å². The number of fused-ring (bicyclic) bond motifs is 1. The van der Waals surface area contributed by atoms with E-state index < -0.39 is 23.0 Å². The number of rotatable bonds is 8. The number of ether oxygens (including phenoxy) is 3. The minimum Gasteiger partial charge on any atom is -0.493 e. The fourth-order valence-electron chi connectivity index (χ4n) is 3.70. The van der Waals surface area contributed by atoms with E-state index in [1.165, 1.54) is 61.5 Å². The Hall–Kier alpha value is -4.12. The molecule has 35 heavy (non-hydrogen) atoms. The first-order valence-corrected chi connectivity index (χ1v) is 11.3. The standard InChI is InChI=1S/C24H22FN3O6S/c1-32-18-10-16(11-19(33-2)21(18)34-3)26-20(29)13-27-17-8-9-35-22(17)23(30)28(24(27)31)12-14-4-6-15(25)7-5-14/h4-11H,12-13H2,1-3H3,(H,26,29). The summed E-state index contributed by atoms with van der Waals surface area (Å²) in [6, 6.07) is 10.3. The van der Waals surface area contributed by atoms with Crippen LogP contribution in [0.25, 0.3) is 10.2 Å². The van der Waals surface area contributed by atoms with Crippen molar-refractivity contribution < 1.29 is 23.4 Å². The molecule has 0 radical (unpaired) electrons. The smallest absolute Gasteiger partial charge is 0.332 e. The third-order valence-corrected chi connectivity index (χ3v) is 6.23. The maximum absolute atomic E-state index is 13.3. The fourth-order valence-corrected chi connectivity index (χ4v) is 4.54. The van der Waals surface area contributed by atoms with Crippen molar-refractivity contribution in [3.8, 4) is 17.2 Å². The Balaban J connectivity index is 1.68. The van der Waals surface area contributed by atoms with Gasteiger partial charge in [0.2, 0.25) is 11.7 Å². The number of methoxy groups -OCH3 is 3. The second kappa shape index (κ2) is 10.0. The lowest BCUT2D eigenvalue weighted by molar-refractivity contribution is -0.116. The zero-order valence-electron chi connectivity index (χ0n) is 19.2. The highest BCUT2D eigenvalue weighted by molar-refractivity contribution is 7.17. The Bertz CT molecular complexity index is 1480. The predicted molar refractivity (Wildman–Crippen MR) is 131 cm³/mol. The van der Waals surface area contributed by atoms with E-state index in [2.05, 4.69) is 5.32 Å². The van der Waals surface area contributed by atoms with Crippen LogP contribution < -0.4 is 30.8 Å². The number of carbonyl (C=O) groups excluding carboxylic acids is 1. The topological polar surface area (TPSA) is 101 Å². The van der Waals surface area contributed by atoms with Gasteiger partial charge in [-0.05, 0) is 29.1 Å². The van der Waals surface area contributed by atoms with E-state index in [0.29, 0.717) is 38.7 Å². The van der Waals surface area contributed by atoms with E-state index in [-0.39, 0.29) is 13.1 Å². The summed E-state index contributed by atoms with van der Waals surface area (Å²) in [5.41, 5.74) is 0.199. The van der Waals surface area contributed by atoms with Crippen molar-refractivity contribution in [2.24, 2.45) is 0 Å². The molecule has 2 heterocycles. The number of thiophene rings is 1. The van der Waals surface area contributed by atoms with Gasteiger partial charge in [-0.2, -0.15) is 0 Å². The summed E-state index contributed by atoms with van der Waals surface area (Å²) in [7, 11) is 4.39. The van der Waals surface area contributed by atoms with E-state index in [0.717, 1.165) is 4.57 Å². The molecule has 1 amide bonds. The molecular weight excluding hydrogens is 477 g/mol. The van der Waals surface area contributed by atoms with Gasteiger partial charge in [0.15, 0.2) is 11.5 Å². The fraction of sp³-hybridized carbons (Fsp3) is 0.208. The van der Waals surface area contributed by atoms with Crippen molar-refractivity contribution in [2.75, 3.05) is 26.6 Å². The average molecular weight is 500 g/mol. The molecule has 0 atom stereocenters. The van der Waals surface area contributed by atoms with Crippen molar-refractivity contribution >= 4 is 33.1 Å². The van der Waals surface area contributed by atoms with Gasteiger partial charge in [-0.25, -0.2) is 9.18 Å². The minimum atomic E-state index is -0.648. The highest BCUT2D eigenvalue weighted by Gasteiger charge is 2.18. The van der Waals surface area contributed by atoms with Crippen LogP contribution in [0, 0.1) is 5.82 Å². The molecule has 11 heteroatoms. The largest absolute Gasteiger partial charge is 0.493 e. The van der Waals surface area contributed by atoms with Crippen LogP contribution in [0.15, 0.2) is 57.4 Å². The van der Waals surface area contributed by atoms with Crippen LogP contribution >= 0.6 is 11.3 Å². The number of amides is 1. The first-order chi connectivity index (χ1) is 16.9. The number of nitrogens with one attached hydrogen (secondary N) is 1. The Kier molecular flexibility index (Phi) is 6.87. The number of anilines is 1. The van der Waals surface area contributed by atoms with Gasteiger partial charge in [0.25, 0.3) is 5.56 Å². The molecule has 0 saturated carbocycles. The number of nitrogens with zero attached hydrogens (tertiary/aromatic N) is 2. The first-order valence-electron chi connectivity index (χ1n) is 10.4. The zero-order valence-corrected chi connectivity index (χ0v) is 20.0. The van der Waals surface area contributed by atoms with Crippen molar-refractivity contribution in [3.05, 3.63) is 80.1 Å². The summed E-state index contributed by atoms with van der Waals surface area (Å²) < 4.78 is 31.8. The highest BCUT2D eigenvalue weighted by atomic mass is 32.1. The first kappa shape index (κ1) is 24.0. The number of carbonyl (C=O) groups is 1. The number of halogens is 1. The van der Waals surface area contributed by atoms with Crippen molar-refractivity contribution in [1.29, 1.82) is 0 Å². The maximum Gasteiger partial charge on any atom is 0.332 e. The molecule has 9 nitrogen and oxygen atoms in total. The molecule has 2 aromatic carbocycles. The van der Waals surface area contributed by atoms with E-state index >= 15 is 0 Å². The van der Waals surface area contributed by atoms with Gasteiger partial charge in [-0.1, -0.05) is 12.1 Å². The molecule has 1 N–H and O–H groups in total. The van der Waals surface area contributed by atoms with Crippen LogP contribution in [0.5, 0.6) is 17.2 Å². The molecule has 0 aliphatic rings. The second-order valence-electron chi connectivity index (χ2n) is 7.48. The Morgan fingerprint density at radius 3 is 2.23 bits per heavy atom. The molecule has 2 aromatic heterocycles. The molecule has 0 unspecified atom stereocenters. The Morgan fingerprint density at radius 2 is 1.63 bits per heavy atom. The molecule has 4 aromatic rings. The number of benzene rings is 2. The van der Waals surface area contributed by atoms with E-state index in [9.17, 15) is 18.8 Å². The van der Waals surface area contributed by atoms with Gasteiger partial charge in [0, 0.05) is 17.8 Å². The summed E-state index contributed by atoms with van der Waals surface area (Å²) >= 11 is 1.18. The van der Waals surface area contributed by atoms with Gasteiger partial charge in [0.1, 0.15) is 17.1 Å². The quantitative estimate of drug-likeness (QED) is 0.400. The molecule has 0 spiro atoms. The highest BCUT2D eigenvalue weighted by Crippen LogP contribution is 2.39. The lowest BCUT2D eigenvalue weighted by Crippen LogP contribution is -2.41. The van der Waals surface area contributed by atoms with Gasteiger partial charge in [-0.3, -0.25) is 18.7 Å². The molecule has 0 aliphatic heterocycles. The Morgan fingerprint density at radius 1 is 0.971 bits per heavy atom. The second-order valence-corrected chi connectivity index (χ2v) is 8.40. The van der Waals surface area contributed by atoms with Gasteiger partial charge in [0.05, 0.1) is 33.4 Å². The molecule has 4 rings (SSSR count). The van der Waals surface area contributed by atoms with Crippen LogP contribution in [-0.4, -0.2) is 36.4 Å². The lowest BCUT2D eigenvalue weighted by atomic mass is 10.2. The predicted octanol–water partition coefficient (Wildman–Crippen LogP) is 3.08. The average Bonchev–Trinajstić information content (AvgIpc) is 3.35. The molecule has 0 aliphatic carbocycles. The van der Waals surface area contributed by atoms with Gasteiger partial charge >= 0.3 is 5.69 Å². The maximum atomic E-state index is 13.3. The summed E-state index contributed by atoms with van der Waals surface area (Å²) in [5, 5.41) is 4.41. The third kappa shape index (κ3) is 4.76. The monoisotopic (exact) mass is 499 g/mol. The van der Waals surface area contributed by atoms with Crippen molar-refractivity contribution in [3.63, 3.8) is 0 Å². The number of hydrogen-bond donors (Lipinski definition) is 1. The molecule has 0 fully saturated rings. The van der Waals surface area contributed by atoms with Crippen molar-refractivity contribution in [1.82, 2.24) is 9.13 Å². The van der Waals surface area contributed by atoms with Crippen LogP contribution in [0.1, 0.15) is 5.56 Å². The molecule has 0 saturated heterocycles. The minimum absolute atomic E-state index is 0.0553. The molecular formula is C24H22FN3O6S. The SMILES string of the molecule is COc1cc(NC(=O)Cn2c(=O)n(Cc3ccc(F)cc3)c(=O)c3sccc32)cc(OC)c1OC. The third-order valence-electron chi connectivity index (χ3n) is 5.34. The van der Waals surface area contributed by atoms with E-state index in [4.69, 9.17) is 14.2 Å². The number of hydrogen-bond acceptors (Lipinski definition) is 7. The summed E-state index contributed by atoms with van der Waals surface area (Å²) in [6.07, 6.45) is 0. The van der Waals surface area contributed by atoms with Gasteiger partial charge < -0.3 is 19.5 Å². The van der Waals surface area contributed by atoms with Crippen LogP contribution in [0.3, 0.4) is 0 Å². The summed E-state index contributed by atoms with van der Waals surface area (Å²) in [6.45, 7) is -0.396. The zero-order chi connectivity index (χ0) is 25.1. The van der Waals surface area contributed by atoms with Crippen LogP contribution in [0.2, 0.25) is 0 Å². The van der Waals surface area contributed by atoms with E-state index in [1.807, 2.05) is 0 Å². The lowest BCUT2D eigenvalue weighted by Gasteiger charge is -2.15. The van der Waals surface area contributed by atoms with Gasteiger partial charge in [-0.15, -0.1) is 11.3 Å². The summed E-state index contributed by atoms with van der Waals surface area (Å²) in [4.78, 5) is 39.2. The number of aromatic nitrogens is 2. The summed E-state index contributed by atoms with van der Waals surface area (Å²) in [5.74, 6) is 0.161.